The third-order valence-corrected chi connectivity index (χ3v) is 3.78. The highest BCUT2D eigenvalue weighted by Gasteiger charge is 2.48. The summed E-state index contributed by atoms with van der Waals surface area (Å²) in [5, 5.41) is 89.6. The van der Waals surface area contributed by atoms with Crippen molar-refractivity contribution in [1.82, 2.24) is 0 Å². The molecule has 0 aromatic rings. The van der Waals surface area contributed by atoms with E-state index in [1.807, 2.05) is 0 Å². The standard InChI is InChI=1S/2C6H12O6/c7-2-6(11)5(10)4(9)3(8)1-12-6;7-1-2-3(8)4(9)5(10)6(11)12-2/h3-5,7-11H,1-2H2;2-11H,1H2/t3-,4-,5+,6+;2-,3+,4+,5-,6+/m11/s1. The first-order valence-electron chi connectivity index (χ1n) is 7.09. The van der Waals surface area contributed by atoms with Crippen LogP contribution in [0.4, 0.5) is 0 Å². The van der Waals surface area contributed by atoms with E-state index in [-0.39, 0.29) is 6.61 Å². The van der Waals surface area contributed by atoms with Crippen LogP contribution in [-0.4, -0.2) is 126 Å². The molecule has 10 N–H and O–H groups in total. The zero-order valence-corrected chi connectivity index (χ0v) is 12.5. The summed E-state index contributed by atoms with van der Waals surface area (Å²) in [5.74, 6) is -2.17. The van der Waals surface area contributed by atoms with E-state index in [0.717, 1.165) is 0 Å². The second-order valence-electron chi connectivity index (χ2n) is 5.54. The van der Waals surface area contributed by atoms with Crippen LogP contribution in [0, 0.1) is 0 Å². The molecule has 0 aromatic carbocycles. The highest BCUT2D eigenvalue weighted by Crippen LogP contribution is 2.23. The fraction of sp³-hybridized carbons (Fsp3) is 1.00. The van der Waals surface area contributed by atoms with Crippen molar-refractivity contribution in [2.75, 3.05) is 19.8 Å². The number of ether oxygens (including phenoxy) is 2. The lowest BCUT2D eigenvalue weighted by atomic mass is 9.98. The second kappa shape index (κ2) is 8.75. The second-order valence-corrected chi connectivity index (χ2v) is 5.54. The van der Waals surface area contributed by atoms with Gasteiger partial charge in [-0.15, -0.1) is 0 Å². The molecule has 0 radical (unpaired) electrons. The van der Waals surface area contributed by atoms with Gasteiger partial charge in [-0.3, -0.25) is 0 Å². The molecular weight excluding hydrogens is 336 g/mol. The van der Waals surface area contributed by atoms with Gasteiger partial charge in [-0.2, -0.15) is 0 Å². The Bertz CT molecular complexity index is 378. The SMILES string of the molecule is OC[C@H]1O[C@H](O)[C@H](O)[C@@H](O)[C@H]1O.OC[C@]1(O)OC[C@@H](O)[C@@H](O)[C@@H]1O. The zero-order chi connectivity index (χ0) is 18.7. The minimum Gasteiger partial charge on any atom is -0.394 e. The molecule has 24 heavy (non-hydrogen) atoms. The molecule has 2 aliphatic heterocycles. The molecule has 2 heterocycles. The van der Waals surface area contributed by atoms with Crippen molar-refractivity contribution in [3.8, 4) is 0 Å². The van der Waals surface area contributed by atoms with Gasteiger partial charge in [0.05, 0.1) is 19.8 Å². The minimum atomic E-state index is -2.17. The number of hydrogen-bond donors (Lipinski definition) is 10. The molecule has 0 bridgehead atoms. The van der Waals surface area contributed by atoms with E-state index >= 15 is 0 Å². The summed E-state index contributed by atoms with van der Waals surface area (Å²) in [7, 11) is 0. The van der Waals surface area contributed by atoms with E-state index < -0.39 is 68.0 Å². The van der Waals surface area contributed by atoms with Crippen LogP contribution in [0.25, 0.3) is 0 Å². The van der Waals surface area contributed by atoms with Crippen LogP contribution in [0.2, 0.25) is 0 Å². The van der Waals surface area contributed by atoms with Crippen molar-refractivity contribution in [3.63, 3.8) is 0 Å². The first-order valence-corrected chi connectivity index (χ1v) is 7.09. The fourth-order valence-corrected chi connectivity index (χ4v) is 2.11. The lowest BCUT2D eigenvalue weighted by molar-refractivity contribution is -0.331. The van der Waals surface area contributed by atoms with E-state index in [2.05, 4.69) is 9.47 Å². The molecule has 0 saturated carbocycles. The fourth-order valence-electron chi connectivity index (χ4n) is 2.11. The smallest absolute Gasteiger partial charge is 0.218 e. The highest BCUT2D eigenvalue weighted by atomic mass is 16.7. The topological polar surface area (TPSA) is 221 Å². The maximum Gasteiger partial charge on any atom is 0.218 e. The van der Waals surface area contributed by atoms with Gasteiger partial charge in [0.15, 0.2) is 6.29 Å². The number of aliphatic hydroxyl groups is 10. The zero-order valence-electron chi connectivity index (χ0n) is 12.5. The molecule has 0 aliphatic carbocycles. The molecule has 2 rings (SSSR count). The third-order valence-electron chi connectivity index (χ3n) is 3.78. The molecule has 2 saturated heterocycles. The molecule has 12 heteroatoms. The molecule has 0 amide bonds. The predicted molar refractivity (Wildman–Crippen MR) is 72.0 cm³/mol. The third kappa shape index (κ3) is 4.57. The van der Waals surface area contributed by atoms with Crippen LogP contribution in [0.5, 0.6) is 0 Å². The average molecular weight is 360 g/mol. The van der Waals surface area contributed by atoms with Gasteiger partial charge in [0, 0.05) is 0 Å². The van der Waals surface area contributed by atoms with Gasteiger partial charge < -0.3 is 60.5 Å². The summed E-state index contributed by atoms with van der Waals surface area (Å²) in [5.41, 5.74) is 0. The van der Waals surface area contributed by atoms with Crippen LogP contribution >= 0.6 is 0 Å². The van der Waals surface area contributed by atoms with Gasteiger partial charge in [-0.1, -0.05) is 0 Å². The maximum absolute atomic E-state index is 9.24. The van der Waals surface area contributed by atoms with Crippen molar-refractivity contribution in [3.05, 3.63) is 0 Å². The Morgan fingerprint density at radius 3 is 1.92 bits per heavy atom. The van der Waals surface area contributed by atoms with Gasteiger partial charge in [0.25, 0.3) is 0 Å². The molecule has 0 aromatic heterocycles. The Balaban J connectivity index is 0.000000240. The quantitative estimate of drug-likeness (QED) is 0.222. The summed E-state index contributed by atoms with van der Waals surface area (Å²) in [6.45, 7) is -1.69. The summed E-state index contributed by atoms with van der Waals surface area (Å²) >= 11 is 0. The molecule has 0 spiro atoms. The van der Waals surface area contributed by atoms with Crippen LogP contribution in [0.15, 0.2) is 0 Å². The van der Waals surface area contributed by atoms with E-state index in [0.29, 0.717) is 0 Å². The summed E-state index contributed by atoms with van der Waals surface area (Å²) in [6, 6.07) is 0. The van der Waals surface area contributed by atoms with E-state index in [4.69, 9.17) is 46.0 Å². The molecule has 2 fully saturated rings. The van der Waals surface area contributed by atoms with Crippen LogP contribution < -0.4 is 0 Å². The monoisotopic (exact) mass is 360 g/mol. The number of hydrogen-bond acceptors (Lipinski definition) is 12. The maximum atomic E-state index is 9.24. The van der Waals surface area contributed by atoms with Crippen molar-refractivity contribution in [2.24, 2.45) is 0 Å². The molecule has 2 aliphatic rings. The van der Waals surface area contributed by atoms with Crippen LogP contribution in [0.1, 0.15) is 0 Å². The summed E-state index contributed by atoms with van der Waals surface area (Å²) in [6.07, 6.45) is -11.5. The Kier molecular flexibility index (Phi) is 7.86. The predicted octanol–water partition coefficient (Wildman–Crippen LogP) is -6.44. The van der Waals surface area contributed by atoms with Gasteiger partial charge in [0.2, 0.25) is 5.79 Å². The molecule has 0 unspecified atom stereocenters. The van der Waals surface area contributed by atoms with Crippen molar-refractivity contribution < 1.29 is 60.5 Å². The number of aliphatic hydroxyl groups excluding tert-OH is 9. The molecular formula is C12H24O12. The normalized spacial score (nSPS) is 49.2. The van der Waals surface area contributed by atoms with E-state index in [1.54, 1.807) is 0 Å². The minimum absolute atomic E-state index is 0.324. The van der Waals surface area contributed by atoms with E-state index in [9.17, 15) is 5.11 Å². The lowest BCUT2D eigenvalue weighted by Gasteiger charge is -2.40. The van der Waals surface area contributed by atoms with Crippen LogP contribution in [0.3, 0.4) is 0 Å². The largest absolute Gasteiger partial charge is 0.394 e. The summed E-state index contributed by atoms with van der Waals surface area (Å²) < 4.78 is 9.13. The van der Waals surface area contributed by atoms with E-state index in [1.165, 1.54) is 0 Å². The first-order chi connectivity index (χ1) is 11.1. The van der Waals surface area contributed by atoms with Crippen LogP contribution in [-0.2, 0) is 9.47 Å². The van der Waals surface area contributed by atoms with Gasteiger partial charge in [0.1, 0.15) is 42.7 Å². The van der Waals surface area contributed by atoms with Crippen molar-refractivity contribution in [2.45, 2.75) is 54.8 Å². The number of rotatable bonds is 2. The highest BCUT2D eigenvalue weighted by molar-refractivity contribution is 4.91. The lowest BCUT2D eigenvalue weighted by Crippen LogP contribution is -2.62. The molecule has 12 nitrogen and oxygen atoms in total. The Labute approximate surface area is 136 Å². The first kappa shape index (κ1) is 21.6. The molecule has 144 valence electrons. The Hall–Kier alpha value is -0.480. The Morgan fingerprint density at radius 1 is 0.833 bits per heavy atom. The molecule has 9 atom stereocenters. The summed E-state index contributed by atoms with van der Waals surface area (Å²) in [4.78, 5) is 0. The van der Waals surface area contributed by atoms with Crippen molar-refractivity contribution in [1.29, 1.82) is 0 Å². The van der Waals surface area contributed by atoms with Crippen molar-refractivity contribution >= 4 is 0 Å². The van der Waals surface area contributed by atoms with Gasteiger partial charge in [-0.25, -0.2) is 0 Å². The average Bonchev–Trinajstić information content (AvgIpc) is 2.58. The van der Waals surface area contributed by atoms with Gasteiger partial charge in [-0.05, 0) is 0 Å². The Morgan fingerprint density at radius 2 is 1.42 bits per heavy atom. The van der Waals surface area contributed by atoms with Gasteiger partial charge >= 0.3 is 0 Å².